The molecule has 35 heavy (non-hydrogen) atoms. The number of carbonyl (C=O) groups excluding carboxylic acids is 2. The SMILES string of the molecule is COc1ccc(N=C2NC(=O)/C(=C/c3ccc(OCC(=O)Nc4ccc(OC)cc4)cc3)S2)cc1. The quantitative estimate of drug-likeness (QED) is 0.449. The normalized spacial score (nSPS) is 15.1. The van der Waals surface area contributed by atoms with E-state index in [4.69, 9.17) is 14.2 Å². The van der Waals surface area contributed by atoms with E-state index in [1.54, 1.807) is 56.7 Å². The standard InChI is InChI=1S/C26H23N3O5S/c1-32-20-11-5-18(6-12-20)27-24(30)16-34-22-9-3-17(4-10-22)15-23-25(31)29-26(35-23)28-19-7-13-21(33-2)14-8-19/h3-15H,16H2,1-2H3,(H,27,30)(H,28,29,31)/b23-15-. The third-order valence-electron chi connectivity index (χ3n) is 4.88. The second kappa shape index (κ2) is 11.3. The molecule has 1 heterocycles. The smallest absolute Gasteiger partial charge is 0.264 e. The van der Waals surface area contributed by atoms with Gasteiger partial charge in [-0.1, -0.05) is 12.1 Å². The third-order valence-corrected chi connectivity index (χ3v) is 5.79. The number of rotatable bonds is 8. The molecule has 0 aliphatic carbocycles. The van der Waals surface area contributed by atoms with Gasteiger partial charge in [0.1, 0.15) is 17.2 Å². The lowest BCUT2D eigenvalue weighted by Crippen LogP contribution is -2.20. The predicted molar refractivity (Wildman–Crippen MR) is 137 cm³/mol. The van der Waals surface area contributed by atoms with Gasteiger partial charge in [-0.15, -0.1) is 0 Å². The molecule has 0 radical (unpaired) electrons. The minimum Gasteiger partial charge on any atom is -0.497 e. The van der Waals surface area contributed by atoms with E-state index in [0.29, 0.717) is 32.9 Å². The molecule has 0 unspecified atom stereocenters. The number of amides is 2. The Kier molecular flexibility index (Phi) is 7.69. The maximum Gasteiger partial charge on any atom is 0.264 e. The molecule has 0 aromatic heterocycles. The molecule has 1 aliphatic heterocycles. The molecule has 1 aliphatic rings. The zero-order valence-corrected chi connectivity index (χ0v) is 19.9. The van der Waals surface area contributed by atoms with Crippen LogP contribution in [0.25, 0.3) is 6.08 Å². The Balaban J connectivity index is 1.31. The van der Waals surface area contributed by atoms with E-state index in [1.165, 1.54) is 11.8 Å². The number of thioether (sulfide) groups is 1. The van der Waals surface area contributed by atoms with Crippen LogP contribution in [-0.4, -0.2) is 37.8 Å². The Labute approximate surface area is 207 Å². The van der Waals surface area contributed by atoms with E-state index in [-0.39, 0.29) is 18.4 Å². The van der Waals surface area contributed by atoms with E-state index in [9.17, 15) is 9.59 Å². The van der Waals surface area contributed by atoms with Crippen LogP contribution >= 0.6 is 11.8 Å². The zero-order chi connectivity index (χ0) is 24.6. The fraction of sp³-hybridized carbons (Fsp3) is 0.115. The summed E-state index contributed by atoms with van der Waals surface area (Å²) in [5.41, 5.74) is 2.19. The van der Waals surface area contributed by atoms with Crippen molar-refractivity contribution in [2.75, 3.05) is 26.1 Å². The van der Waals surface area contributed by atoms with Crippen LogP contribution in [0.3, 0.4) is 0 Å². The Bertz CT molecular complexity index is 1250. The lowest BCUT2D eigenvalue weighted by Gasteiger charge is -2.08. The van der Waals surface area contributed by atoms with Gasteiger partial charge in [0, 0.05) is 5.69 Å². The number of nitrogens with one attached hydrogen (secondary N) is 2. The molecular weight excluding hydrogens is 466 g/mol. The highest BCUT2D eigenvalue weighted by Crippen LogP contribution is 2.29. The first-order valence-electron chi connectivity index (χ1n) is 10.6. The van der Waals surface area contributed by atoms with Gasteiger partial charge in [0.05, 0.1) is 24.8 Å². The summed E-state index contributed by atoms with van der Waals surface area (Å²) >= 11 is 1.27. The van der Waals surface area contributed by atoms with Gasteiger partial charge in [0.2, 0.25) is 0 Å². The van der Waals surface area contributed by atoms with Gasteiger partial charge in [-0.2, -0.15) is 0 Å². The number of hydrogen-bond donors (Lipinski definition) is 2. The first-order chi connectivity index (χ1) is 17.0. The van der Waals surface area contributed by atoms with E-state index >= 15 is 0 Å². The minimum atomic E-state index is -0.274. The highest BCUT2D eigenvalue weighted by molar-refractivity contribution is 8.18. The molecular formula is C26H23N3O5S. The minimum absolute atomic E-state index is 0.129. The number of ether oxygens (including phenoxy) is 3. The van der Waals surface area contributed by atoms with Crippen molar-refractivity contribution >= 4 is 46.2 Å². The molecule has 0 bridgehead atoms. The van der Waals surface area contributed by atoms with E-state index in [0.717, 1.165) is 11.3 Å². The topological polar surface area (TPSA) is 98.3 Å². The summed E-state index contributed by atoms with van der Waals surface area (Å²) < 4.78 is 15.8. The summed E-state index contributed by atoms with van der Waals surface area (Å²) in [5, 5.41) is 6.04. The molecule has 3 aromatic rings. The molecule has 0 spiro atoms. The number of aliphatic imine (C=N–C) groups is 1. The van der Waals surface area contributed by atoms with Crippen LogP contribution in [0, 0.1) is 0 Å². The lowest BCUT2D eigenvalue weighted by atomic mass is 10.2. The van der Waals surface area contributed by atoms with E-state index < -0.39 is 0 Å². The number of carbonyl (C=O) groups is 2. The van der Waals surface area contributed by atoms with Gasteiger partial charge in [-0.3, -0.25) is 9.59 Å². The lowest BCUT2D eigenvalue weighted by molar-refractivity contribution is -0.118. The summed E-state index contributed by atoms with van der Waals surface area (Å²) in [7, 11) is 3.19. The van der Waals surface area contributed by atoms with Gasteiger partial charge in [-0.05, 0) is 84.1 Å². The molecule has 178 valence electrons. The molecule has 9 heteroatoms. The summed E-state index contributed by atoms with van der Waals surface area (Å²) in [5.74, 6) is 1.51. The van der Waals surface area contributed by atoms with Crippen LogP contribution in [0.15, 0.2) is 82.7 Å². The van der Waals surface area contributed by atoms with Crippen LogP contribution in [0.5, 0.6) is 17.2 Å². The number of hydrogen-bond acceptors (Lipinski definition) is 7. The van der Waals surface area contributed by atoms with Crippen molar-refractivity contribution in [3.05, 3.63) is 83.3 Å². The second-order valence-corrected chi connectivity index (χ2v) is 8.34. The van der Waals surface area contributed by atoms with E-state index in [1.807, 2.05) is 36.4 Å². The molecule has 0 atom stereocenters. The number of amidine groups is 1. The summed E-state index contributed by atoms with van der Waals surface area (Å²) in [6.07, 6.45) is 1.77. The number of anilines is 1. The molecule has 2 N–H and O–H groups in total. The molecule has 8 nitrogen and oxygen atoms in total. The van der Waals surface area contributed by atoms with Crippen LogP contribution < -0.4 is 24.8 Å². The zero-order valence-electron chi connectivity index (χ0n) is 19.1. The van der Waals surface area contributed by atoms with Crippen LogP contribution in [0.1, 0.15) is 5.56 Å². The van der Waals surface area contributed by atoms with Crippen LogP contribution in [0.2, 0.25) is 0 Å². The molecule has 4 rings (SSSR count). The Morgan fingerprint density at radius 2 is 1.51 bits per heavy atom. The van der Waals surface area contributed by atoms with Crippen molar-refractivity contribution in [2.24, 2.45) is 4.99 Å². The molecule has 3 aromatic carbocycles. The van der Waals surface area contributed by atoms with Crippen LogP contribution in [-0.2, 0) is 9.59 Å². The average Bonchev–Trinajstić information content (AvgIpc) is 3.22. The average molecular weight is 490 g/mol. The summed E-state index contributed by atoms with van der Waals surface area (Å²) in [6, 6.07) is 21.4. The van der Waals surface area contributed by atoms with Gasteiger partial charge in [0.15, 0.2) is 11.8 Å². The highest BCUT2D eigenvalue weighted by Gasteiger charge is 2.23. The fourth-order valence-corrected chi connectivity index (χ4v) is 3.93. The number of nitrogens with zero attached hydrogens (tertiary/aromatic N) is 1. The molecule has 1 saturated heterocycles. The van der Waals surface area contributed by atoms with Crippen molar-refractivity contribution in [1.82, 2.24) is 5.32 Å². The highest BCUT2D eigenvalue weighted by atomic mass is 32.2. The van der Waals surface area contributed by atoms with Gasteiger partial charge >= 0.3 is 0 Å². The monoisotopic (exact) mass is 489 g/mol. The second-order valence-electron chi connectivity index (χ2n) is 7.31. The largest absolute Gasteiger partial charge is 0.497 e. The third kappa shape index (κ3) is 6.64. The predicted octanol–water partition coefficient (Wildman–Crippen LogP) is 4.61. The maximum atomic E-state index is 12.3. The van der Waals surface area contributed by atoms with Gasteiger partial charge in [0.25, 0.3) is 11.8 Å². The Morgan fingerprint density at radius 1 is 0.914 bits per heavy atom. The van der Waals surface area contributed by atoms with Crippen molar-refractivity contribution in [2.45, 2.75) is 0 Å². The number of methoxy groups -OCH3 is 2. The fourth-order valence-electron chi connectivity index (χ4n) is 3.09. The molecule has 1 fully saturated rings. The van der Waals surface area contributed by atoms with Crippen molar-refractivity contribution in [1.29, 1.82) is 0 Å². The molecule has 2 amide bonds. The summed E-state index contributed by atoms with van der Waals surface area (Å²) in [6.45, 7) is -0.129. The summed E-state index contributed by atoms with van der Waals surface area (Å²) in [4.78, 5) is 29.4. The first kappa shape index (κ1) is 23.9. The van der Waals surface area contributed by atoms with Gasteiger partial charge in [-0.25, -0.2) is 4.99 Å². The Morgan fingerprint density at radius 3 is 2.14 bits per heavy atom. The van der Waals surface area contributed by atoms with Crippen LogP contribution in [0.4, 0.5) is 11.4 Å². The number of benzene rings is 3. The van der Waals surface area contributed by atoms with Gasteiger partial charge < -0.3 is 24.8 Å². The maximum absolute atomic E-state index is 12.3. The van der Waals surface area contributed by atoms with Crippen molar-refractivity contribution < 1.29 is 23.8 Å². The first-order valence-corrected chi connectivity index (χ1v) is 11.4. The molecule has 0 saturated carbocycles. The van der Waals surface area contributed by atoms with Crippen molar-refractivity contribution in [3.63, 3.8) is 0 Å². The Hall–Kier alpha value is -4.24. The van der Waals surface area contributed by atoms with E-state index in [2.05, 4.69) is 15.6 Å². The van der Waals surface area contributed by atoms with Crippen molar-refractivity contribution in [3.8, 4) is 17.2 Å².